The van der Waals surface area contributed by atoms with E-state index >= 15 is 0 Å². The van der Waals surface area contributed by atoms with Gasteiger partial charge in [-0.3, -0.25) is 4.79 Å². The minimum Gasteiger partial charge on any atom is -0.353 e. The number of carbonyl (C=O) groups is 1. The van der Waals surface area contributed by atoms with Gasteiger partial charge in [0.1, 0.15) is 5.82 Å². The van der Waals surface area contributed by atoms with Crippen LogP contribution in [0, 0.1) is 0 Å². The maximum absolute atomic E-state index is 12.3. The van der Waals surface area contributed by atoms with Gasteiger partial charge in [0.15, 0.2) is 5.16 Å². The van der Waals surface area contributed by atoms with E-state index in [1.165, 1.54) is 63.1 Å². The van der Waals surface area contributed by atoms with Crippen molar-refractivity contribution < 1.29 is 4.79 Å². The normalized spacial score (nSPS) is 19.7. The van der Waals surface area contributed by atoms with Crippen LogP contribution in [0.1, 0.15) is 76.0 Å². The third kappa shape index (κ3) is 5.09. The Labute approximate surface area is 155 Å². The van der Waals surface area contributed by atoms with Crippen LogP contribution >= 0.6 is 11.8 Å². The molecule has 2 saturated carbocycles. The molecule has 6 heteroatoms. The van der Waals surface area contributed by atoms with Gasteiger partial charge in [0.05, 0.1) is 5.75 Å². The smallest absolute Gasteiger partial charge is 0.230 e. The summed E-state index contributed by atoms with van der Waals surface area (Å²) >= 11 is 1.50. The molecular formula is C19H30N4OS. The molecule has 0 saturated heterocycles. The molecule has 0 aliphatic heterocycles. The van der Waals surface area contributed by atoms with Gasteiger partial charge in [-0.2, -0.15) is 0 Å². The molecule has 0 atom stereocenters. The molecule has 1 amide bonds. The molecule has 3 rings (SSSR count). The highest BCUT2D eigenvalue weighted by molar-refractivity contribution is 7.99. The Morgan fingerprint density at radius 3 is 2.48 bits per heavy atom. The molecule has 0 spiro atoms. The van der Waals surface area contributed by atoms with Crippen molar-refractivity contribution in [3.05, 3.63) is 18.5 Å². The van der Waals surface area contributed by atoms with E-state index in [2.05, 4.69) is 26.7 Å². The van der Waals surface area contributed by atoms with Crippen molar-refractivity contribution >= 4 is 17.7 Å². The van der Waals surface area contributed by atoms with Crippen LogP contribution in [0.4, 0.5) is 0 Å². The van der Waals surface area contributed by atoms with E-state index < -0.39 is 0 Å². The topological polar surface area (TPSA) is 59.8 Å². The zero-order chi connectivity index (χ0) is 17.5. The third-order valence-corrected chi connectivity index (χ3v) is 6.30. The summed E-state index contributed by atoms with van der Waals surface area (Å²) in [6.07, 6.45) is 14.1. The van der Waals surface area contributed by atoms with E-state index in [-0.39, 0.29) is 5.91 Å². The van der Waals surface area contributed by atoms with Crippen molar-refractivity contribution in [3.8, 4) is 0 Å². The molecule has 2 aliphatic carbocycles. The minimum absolute atomic E-state index is 0.118. The van der Waals surface area contributed by atoms with Gasteiger partial charge in [0.25, 0.3) is 0 Å². The first-order valence-corrected chi connectivity index (χ1v) is 10.7. The van der Waals surface area contributed by atoms with Crippen LogP contribution in [0.5, 0.6) is 0 Å². The summed E-state index contributed by atoms with van der Waals surface area (Å²) < 4.78 is 2.15. The van der Waals surface area contributed by atoms with Crippen LogP contribution in [-0.4, -0.2) is 32.5 Å². The van der Waals surface area contributed by atoms with Crippen LogP contribution in [0.3, 0.4) is 0 Å². The molecule has 2 fully saturated rings. The first-order chi connectivity index (χ1) is 12.3. The largest absolute Gasteiger partial charge is 0.353 e. The number of allylic oxidation sites excluding steroid dienone is 1. The lowest BCUT2D eigenvalue weighted by atomic mass is 10.1. The van der Waals surface area contributed by atoms with Gasteiger partial charge >= 0.3 is 0 Å². The molecule has 25 heavy (non-hydrogen) atoms. The van der Waals surface area contributed by atoms with Crippen molar-refractivity contribution in [3.63, 3.8) is 0 Å². The SMILES string of the molecule is C=CCn1c(SCC(=O)NC2CCCCCC2)nnc1C1CCCC1. The molecule has 0 radical (unpaired) electrons. The summed E-state index contributed by atoms with van der Waals surface area (Å²) in [6.45, 7) is 4.57. The van der Waals surface area contributed by atoms with Crippen molar-refractivity contribution in [1.82, 2.24) is 20.1 Å². The molecule has 1 N–H and O–H groups in total. The van der Waals surface area contributed by atoms with Gasteiger partial charge in [-0.15, -0.1) is 16.8 Å². The molecule has 1 aromatic heterocycles. The van der Waals surface area contributed by atoms with E-state index in [0.717, 1.165) is 23.8 Å². The van der Waals surface area contributed by atoms with Crippen molar-refractivity contribution in [1.29, 1.82) is 0 Å². The summed E-state index contributed by atoms with van der Waals surface area (Å²) in [5.41, 5.74) is 0. The number of thioether (sulfide) groups is 1. The summed E-state index contributed by atoms with van der Waals surface area (Å²) in [5, 5.41) is 12.8. The van der Waals surface area contributed by atoms with E-state index in [9.17, 15) is 4.79 Å². The number of rotatable bonds is 7. The van der Waals surface area contributed by atoms with E-state index in [1.54, 1.807) is 0 Å². The highest BCUT2D eigenvalue weighted by Crippen LogP contribution is 2.34. The summed E-state index contributed by atoms with van der Waals surface area (Å²) in [5.74, 6) is 2.12. The number of hydrogen-bond acceptors (Lipinski definition) is 4. The first-order valence-electron chi connectivity index (χ1n) is 9.74. The molecule has 138 valence electrons. The Balaban J connectivity index is 1.56. The zero-order valence-electron chi connectivity index (χ0n) is 15.1. The molecule has 0 unspecified atom stereocenters. The minimum atomic E-state index is 0.118. The Bertz CT molecular complexity index is 572. The standard InChI is InChI=1S/C19H30N4OS/c1-2-13-23-18(15-9-7-8-10-15)21-22-19(23)25-14-17(24)20-16-11-5-3-4-6-12-16/h2,15-16H,1,3-14H2,(H,20,24). The number of nitrogens with zero attached hydrogens (tertiary/aromatic N) is 3. The highest BCUT2D eigenvalue weighted by atomic mass is 32.2. The van der Waals surface area contributed by atoms with E-state index in [4.69, 9.17) is 0 Å². The predicted octanol–water partition coefficient (Wildman–Crippen LogP) is 4.05. The highest BCUT2D eigenvalue weighted by Gasteiger charge is 2.24. The maximum atomic E-state index is 12.3. The average molecular weight is 363 g/mol. The van der Waals surface area contributed by atoms with Crippen LogP contribution in [-0.2, 0) is 11.3 Å². The average Bonchev–Trinajstić information content (AvgIpc) is 3.19. The van der Waals surface area contributed by atoms with Crippen LogP contribution < -0.4 is 5.32 Å². The van der Waals surface area contributed by atoms with Crippen LogP contribution in [0.25, 0.3) is 0 Å². The van der Waals surface area contributed by atoms with Crippen molar-refractivity contribution in [2.45, 2.75) is 87.9 Å². The lowest BCUT2D eigenvalue weighted by molar-refractivity contribution is -0.119. The van der Waals surface area contributed by atoms with Crippen LogP contribution in [0.2, 0.25) is 0 Å². The van der Waals surface area contributed by atoms with Gasteiger partial charge in [-0.1, -0.05) is 56.4 Å². The quantitative estimate of drug-likeness (QED) is 0.451. The molecule has 0 bridgehead atoms. The fraction of sp³-hybridized carbons (Fsp3) is 0.737. The third-order valence-electron chi connectivity index (χ3n) is 5.33. The second-order valence-electron chi connectivity index (χ2n) is 7.27. The fourth-order valence-electron chi connectivity index (χ4n) is 4.02. The Morgan fingerprint density at radius 1 is 1.12 bits per heavy atom. The van der Waals surface area contributed by atoms with Crippen LogP contribution in [0.15, 0.2) is 17.8 Å². The Kier molecular flexibility index (Phi) is 6.96. The maximum Gasteiger partial charge on any atom is 0.230 e. The summed E-state index contributed by atoms with van der Waals surface area (Å²) in [4.78, 5) is 12.3. The fourth-order valence-corrected chi connectivity index (χ4v) is 4.78. The van der Waals surface area contributed by atoms with E-state index in [0.29, 0.717) is 24.3 Å². The van der Waals surface area contributed by atoms with Crippen molar-refractivity contribution in [2.75, 3.05) is 5.75 Å². The zero-order valence-corrected chi connectivity index (χ0v) is 15.9. The van der Waals surface area contributed by atoms with Gasteiger partial charge in [0.2, 0.25) is 5.91 Å². The molecule has 2 aliphatic rings. The lowest BCUT2D eigenvalue weighted by Crippen LogP contribution is -2.35. The number of aromatic nitrogens is 3. The molecule has 0 aromatic carbocycles. The Morgan fingerprint density at radius 2 is 1.80 bits per heavy atom. The lowest BCUT2D eigenvalue weighted by Gasteiger charge is -2.16. The Hall–Kier alpha value is -1.30. The number of carbonyl (C=O) groups excluding carboxylic acids is 1. The summed E-state index contributed by atoms with van der Waals surface area (Å²) in [6, 6.07) is 0.357. The molecule has 5 nitrogen and oxygen atoms in total. The monoisotopic (exact) mass is 362 g/mol. The predicted molar refractivity (Wildman–Crippen MR) is 102 cm³/mol. The second kappa shape index (κ2) is 9.41. The number of amides is 1. The van der Waals surface area contributed by atoms with Gasteiger partial charge in [0, 0.05) is 18.5 Å². The van der Waals surface area contributed by atoms with Gasteiger partial charge in [-0.05, 0) is 25.7 Å². The number of hydrogen-bond donors (Lipinski definition) is 1. The first kappa shape index (κ1) is 18.5. The molecule has 1 heterocycles. The molecule has 1 aromatic rings. The van der Waals surface area contributed by atoms with Gasteiger partial charge in [-0.25, -0.2) is 0 Å². The van der Waals surface area contributed by atoms with Gasteiger partial charge < -0.3 is 9.88 Å². The van der Waals surface area contributed by atoms with E-state index in [1.807, 2.05) is 6.08 Å². The second-order valence-corrected chi connectivity index (χ2v) is 8.21. The van der Waals surface area contributed by atoms with Crippen molar-refractivity contribution in [2.24, 2.45) is 0 Å². The number of nitrogens with one attached hydrogen (secondary N) is 1. The molecular weight excluding hydrogens is 332 g/mol. The summed E-state index contributed by atoms with van der Waals surface area (Å²) in [7, 11) is 0.